The number of nitrogens with zero attached hydrogens (tertiary/aromatic N) is 2. The molecular formula is C23H22N4O5. The molecule has 2 heterocycles. The van der Waals surface area contributed by atoms with Crippen LogP contribution in [0.15, 0.2) is 53.3 Å². The van der Waals surface area contributed by atoms with Crippen molar-refractivity contribution in [1.29, 1.82) is 0 Å². The molecule has 4 aromatic rings. The van der Waals surface area contributed by atoms with Crippen molar-refractivity contribution in [3.05, 3.63) is 70.1 Å². The van der Waals surface area contributed by atoms with Gasteiger partial charge in [-0.25, -0.2) is 4.98 Å². The summed E-state index contributed by atoms with van der Waals surface area (Å²) in [6.07, 6.45) is 0. The molecule has 32 heavy (non-hydrogen) atoms. The van der Waals surface area contributed by atoms with Crippen LogP contribution < -0.4 is 25.1 Å². The molecule has 0 unspecified atom stereocenters. The number of aromatic amines is 1. The summed E-state index contributed by atoms with van der Waals surface area (Å²) in [5, 5.41) is 5.70. The standard InChI is InChI=1S/C23H22N4O5/c1-13-11-17(20-21(24-13)27(2)26-23(20)29)22(28)25-14-5-10-18(31-4)19(12-14)32-16-8-6-15(30-3)7-9-16/h5-12H,1-4H3,(H,25,28)(H,26,29). The molecule has 0 bridgehead atoms. The monoisotopic (exact) mass is 434 g/mol. The lowest BCUT2D eigenvalue weighted by Gasteiger charge is -2.13. The second-order valence-corrected chi connectivity index (χ2v) is 7.11. The molecule has 2 aromatic heterocycles. The van der Waals surface area contributed by atoms with E-state index in [1.165, 1.54) is 11.8 Å². The number of H-pyrrole nitrogens is 1. The lowest BCUT2D eigenvalue weighted by Crippen LogP contribution is -2.15. The maximum absolute atomic E-state index is 13.0. The van der Waals surface area contributed by atoms with E-state index in [9.17, 15) is 9.59 Å². The number of carbonyl (C=O) groups excluding carboxylic acids is 1. The van der Waals surface area contributed by atoms with Gasteiger partial charge in [0.05, 0.1) is 25.2 Å². The third kappa shape index (κ3) is 4.00. The predicted molar refractivity (Wildman–Crippen MR) is 120 cm³/mol. The maximum Gasteiger partial charge on any atom is 0.274 e. The molecule has 2 aromatic carbocycles. The number of aromatic nitrogens is 3. The zero-order valence-corrected chi connectivity index (χ0v) is 18.1. The third-order valence-electron chi connectivity index (χ3n) is 4.90. The van der Waals surface area contributed by atoms with Crippen LogP contribution in [0, 0.1) is 6.92 Å². The van der Waals surface area contributed by atoms with Crippen molar-refractivity contribution < 1.29 is 19.0 Å². The Morgan fingerprint density at radius 2 is 1.72 bits per heavy atom. The van der Waals surface area contributed by atoms with E-state index in [4.69, 9.17) is 14.2 Å². The van der Waals surface area contributed by atoms with E-state index in [-0.39, 0.29) is 16.5 Å². The minimum absolute atomic E-state index is 0.235. The lowest BCUT2D eigenvalue weighted by molar-refractivity contribution is 0.102. The lowest BCUT2D eigenvalue weighted by atomic mass is 10.1. The summed E-state index contributed by atoms with van der Waals surface area (Å²) in [6, 6.07) is 13.7. The topological polar surface area (TPSA) is 107 Å². The average molecular weight is 434 g/mol. The first-order valence-electron chi connectivity index (χ1n) is 9.77. The number of hydrogen-bond donors (Lipinski definition) is 2. The molecule has 0 aliphatic carbocycles. The number of fused-ring (bicyclic) bond motifs is 1. The Labute approximate surface area is 183 Å². The number of amides is 1. The van der Waals surface area contributed by atoms with Crippen molar-refractivity contribution in [2.45, 2.75) is 6.92 Å². The molecule has 0 saturated heterocycles. The van der Waals surface area contributed by atoms with Crippen LogP contribution in [0.3, 0.4) is 0 Å². The van der Waals surface area contributed by atoms with Crippen LogP contribution in [0.4, 0.5) is 5.69 Å². The van der Waals surface area contributed by atoms with E-state index < -0.39 is 5.91 Å². The minimum Gasteiger partial charge on any atom is -0.497 e. The number of ether oxygens (including phenoxy) is 3. The van der Waals surface area contributed by atoms with Crippen LogP contribution in [0.2, 0.25) is 0 Å². The highest BCUT2D eigenvalue weighted by atomic mass is 16.5. The van der Waals surface area contributed by atoms with Gasteiger partial charge in [-0.15, -0.1) is 0 Å². The van der Waals surface area contributed by atoms with Gasteiger partial charge in [0.1, 0.15) is 11.5 Å². The van der Waals surface area contributed by atoms with Gasteiger partial charge in [0.2, 0.25) is 0 Å². The normalized spacial score (nSPS) is 10.8. The number of nitrogens with one attached hydrogen (secondary N) is 2. The fraction of sp³-hybridized carbons (Fsp3) is 0.174. The minimum atomic E-state index is -0.433. The Bertz CT molecular complexity index is 1360. The number of rotatable bonds is 6. The number of benzene rings is 2. The van der Waals surface area contributed by atoms with Crippen molar-refractivity contribution in [3.63, 3.8) is 0 Å². The number of carbonyl (C=O) groups is 1. The number of pyridine rings is 1. The fourth-order valence-corrected chi connectivity index (χ4v) is 3.37. The Kier molecular flexibility index (Phi) is 5.55. The molecule has 9 nitrogen and oxygen atoms in total. The highest BCUT2D eigenvalue weighted by molar-refractivity contribution is 6.12. The number of aryl methyl sites for hydroxylation is 2. The van der Waals surface area contributed by atoms with Crippen molar-refractivity contribution in [2.24, 2.45) is 7.05 Å². The van der Waals surface area contributed by atoms with Crippen LogP contribution in [-0.2, 0) is 7.05 Å². The zero-order chi connectivity index (χ0) is 22.8. The Balaban J connectivity index is 1.65. The van der Waals surface area contributed by atoms with Crippen molar-refractivity contribution >= 4 is 22.6 Å². The fourth-order valence-electron chi connectivity index (χ4n) is 3.37. The molecule has 2 N–H and O–H groups in total. The second-order valence-electron chi connectivity index (χ2n) is 7.11. The molecule has 0 radical (unpaired) electrons. The molecule has 0 aliphatic rings. The SMILES string of the molecule is COc1ccc(Oc2cc(NC(=O)c3cc(C)nc4c3c(=O)[nH]n4C)ccc2OC)cc1. The van der Waals surface area contributed by atoms with Gasteiger partial charge < -0.3 is 19.5 Å². The van der Waals surface area contributed by atoms with Crippen LogP contribution in [-0.4, -0.2) is 34.9 Å². The zero-order valence-electron chi connectivity index (χ0n) is 18.1. The Hall–Kier alpha value is -4.27. The highest BCUT2D eigenvalue weighted by Crippen LogP contribution is 2.34. The van der Waals surface area contributed by atoms with E-state index >= 15 is 0 Å². The van der Waals surface area contributed by atoms with Crippen molar-refractivity contribution in [1.82, 2.24) is 14.8 Å². The predicted octanol–water partition coefficient (Wildman–Crippen LogP) is 3.63. The first-order chi connectivity index (χ1) is 15.4. The summed E-state index contributed by atoms with van der Waals surface area (Å²) in [4.78, 5) is 29.7. The second kappa shape index (κ2) is 8.46. The first kappa shape index (κ1) is 21.0. The average Bonchev–Trinajstić information content (AvgIpc) is 3.07. The van der Waals surface area contributed by atoms with Crippen molar-refractivity contribution in [2.75, 3.05) is 19.5 Å². The van der Waals surface area contributed by atoms with E-state index in [0.717, 1.165) is 0 Å². The van der Waals surface area contributed by atoms with Crippen LogP contribution in [0.5, 0.6) is 23.0 Å². The molecule has 164 valence electrons. The van der Waals surface area contributed by atoms with E-state index in [1.54, 1.807) is 69.6 Å². The molecule has 1 amide bonds. The van der Waals surface area contributed by atoms with Gasteiger partial charge >= 0.3 is 0 Å². The molecule has 0 atom stereocenters. The first-order valence-corrected chi connectivity index (χ1v) is 9.77. The Morgan fingerprint density at radius 3 is 2.41 bits per heavy atom. The molecule has 0 aliphatic heterocycles. The van der Waals surface area contributed by atoms with Crippen LogP contribution in [0.25, 0.3) is 11.0 Å². The Morgan fingerprint density at radius 1 is 1.00 bits per heavy atom. The van der Waals surface area contributed by atoms with E-state index in [0.29, 0.717) is 40.0 Å². The van der Waals surface area contributed by atoms with Gasteiger partial charge in [0.25, 0.3) is 11.5 Å². The molecule has 0 spiro atoms. The number of anilines is 1. The quantitative estimate of drug-likeness (QED) is 0.480. The van der Waals surface area contributed by atoms with E-state index in [2.05, 4.69) is 15.4 Å². The van der Waals surface area contributed by atoms with Crippen LogP contribution >= 0.6 is 0 Å². The summed E-state index contributed by atoms with van der Waals surface area (Å²) >= 11 is 0. The van der Waals surface area contributed by atoms with Gasteiger partial charge in [0, 0.05) is 24.5 Å². The molecule has 0 fully saturated rings. The third-order valence-corrected chi connectivity index (χ3v) is 4.90. The highest BCUT2D eigenvalue weighted by Gasteiger charge is 2.18. The maximum atomic E-state index is 13.0. The van der Waals surface area contributed by atoms with Gasteiger partial charge in [-0.3, -0.25) is 19.4 Å². The molecule has 4 rings (SSSR count). The molecule has 9 heteroatoms. The van der Waals surface area contributed by atoms with Gasteiger partial charge in [-0.1, -0.05) is 0 Å². The molecule has 0 saturated carbocycles. The summed E-state index contributed by atoms with van der Waals surface area (Å²) in [7, 11) is 4.79. The number of hydrogen-bond acceptors (Lipinski definition) is 6. The summed E-state index contributed by atoms with van der Waals surface area (Å²) in [6.45, 7) is 1.77. The van der Waals surface area contributed by atoms with Gasteiger partial charge in [0.15, 0.2) is 17.1 Å². The smallest absolute Gasteiger partial charge is 0.274 e. The molecular weight excluding hydrogens is 412 g/mol. The summed E-state index contributed by atoms with van der Waals surface area (Å²) in [5.41, 5.74) is 1.38. The summed E-state index contributed by atoms with van der Waals surface area (Å²) < 4.78 is 18.0. The summed E-state index contributed by atoms with van der Waals surface area (Å²) in [5.74, 6) is 1.78. The largest absolute Gasteiger partial charge is 0.497 e. The number of methoxy groups -OCH3 is 2. The van der Waals surface area contributed by atoms with Crippen molar-refractivity contribution in [3.8, 4) is 23.0 Å². The van der Waals surface area contributed by atoms with Gasteiger partial charge in [-0.2, -0.15) is 0 Å². The van der Waals surface area contributed by atoms with Crippen LogP contribution in [0.1, 0.15) is 16.1 Å². The van der Waals surface area contributed by atoms with Gasteiger partial charge in [-0.05, 0) is 49.4 Å². The van der Waals surface area contributed by atoms with E-state index in [1.807, 2.05) is 0 Å².